The molecule has 2 nitrogen and oxygen atoms in total. The van der Waals surface area contributed by atoms with Crippen molar-refractivity contribution in [2.75, 3.05) is 4.90 Å². The van der Waals surface area contributed by atoms with E-state index in [1.807, 2.05) is 0 Å². The van der Waals surface area contributed by atoms with E-state index in [4.69, 9.17) is 0 Å². The summed E-state index contributed by atoms with van der Waals surface area (Å²) in [4.78, 5) is 2.47. The number of benzene rings is 6. The van der Waals surface area contributed by atoms with E-state index >= 15 is 0 Å². The minimum absolute atomic E-state index is 0.0760. The highest BCUT2D eigenvalue weighted by Crippen LogP contribution is 2.54. The minimum atomic E-state index is -0.0760. The molecule has 0 aliphatic heterocycles. The normalized spacial score (nSPS) is 13.6. The fraction of sp³-hybridized carbons (Fsp3) is 0.163. The number of anilines is 3. The molecule has 0 amide bonds. The molecule has 0 fully saturated rings. The Balaban J connectivity index is 1.42. The van der Waals surface area contributed by atoms with Gasteiger partial charge in [0.1, 0.15) is 0 Å². The Labute approximate surface area is 266 Å². The molecule has 0 radical (unpaired) electrons. The Morgan fingerprint density at radius 1 is 0.556 bits per heavy atom. The van der Waals surface area contributed by atoms with Crippen molar-refractivity contribution in [2.24, 2.45) is 0 Å². The van der Waals surface area contributed by atoms with Gasteiger partial charge in [0, 0.05) is 38.8 Å². The van der Waals surface area contributed by atoms with Gasteiger partial charge in [0.15, 0.2) is 0 Å². The summed E-state index contributed by atoms with van der Waals surface area (Å²) in [6.45, 7) is 11.5. The number of nitrogens with zero attached hydrogens (tertiary/aromatic N) is 2. The molecule has 0 spiro atoms. The zero-order valence-electron chi connectivity index (χ0n) is 26.7. The highest BCUT2D eigenvalue weighted by Gasteiger charge is 2.37. The van der Waals surface area contributed by atoms with Crippen LogP contribution in [0.15, 0.2) is 140 Å². The number of aromatic nitrogens is 1. The van der Waals surface area contributed by atoms with E-state index in [0.717, 1.165) is 11.4 Å². The Bertz CT molecular complexity index is 2210. The van der Waals surface area contributed by atoms with Crippen molar-refractivity contribution in [1.82, 2.24) is 4.57 Å². The van der Waals surface area contributed by atoms with Gasteiger partial charge in [-0.3, -0.25) is 0 Å². The second-order valence-electron chi connectivity index (χ2n) is 13.9. The van der Waals surface area contributed by atoms with E-state index in [2.05, 4.69) is 184 Å². The van der Waals surface area contributed by atoms with E-state index in [-0.39, 0.29) is 10.8 Å². The predicted molar refractivity (Wildman–Crippen MR) is 192 cm³/mol. The van der Waals surface area contributed by atoms with Crippen LogP contribution in [-0.4, -0.2) is 4.57 Å². The molecule has 7 aromatic rings. The molecule has 1 heterocycles. The van der Waals surface area contributed by atoms with Crippen molar-refractivity contribution in [2.45, 2.75) is 45.4 Å². The maximum absolute atomic E-state index is 2.47. The molecule has 8 rings (SSSR count). The van der Waals surface area contributed by atoms with Crippen molar-refractivity contribution in [3.63, 3.8) is 0 Å². The SMILES string of the molecule is CC(C)(C)c1ccc(N(c2ccc3c4ccccc4n(-c4ccccc4)c3c2)c2cccc3c2-c2ccccc2C3(C)C)cc1. The van der Waals surface area contributed by atoms with Gasteiger partial charge in [-0.25, -0.2) is 0 Å². The third-order valence-electron chi connectivity index (χ3n) is 9.75. The Hall–Kier alpha value is -5.08. The molecule has 1 aromatic heterocycles. The maximum atomic E-state index is 2.47. The molecule has 0 saturated heterocycles. The quantitative estimate of drug-likeness (QED) is 0.200. The molecule has 1 aliphatic rings. The third kappa shape index (κ3) is 4.24. The van der Waals surface area contributed by atoms with Crippen molar-refractivity contribution < 1.29 is 0 Å². The summed E-state index contributed by atoms with van der Waals surface area (Å²) >= 11 is 0. The van der Waals surface area contributed by atoms with Crippen LogP contribution in [0.3, 0.4) is 0 Å². The second kappa shape index (κ2) is 9.97. The van der Waals surface area contributed by atoms with Crippen LogP contribution in [0.4, 0.5) is 17.1 Å². The van der Waals surface area contributed by atoms with Gasteiger partial charge in [0.25, 0.3) is 0 Å². The summed E-state index contributed by atoms with van der Waals surface area (Å²) in [6.07, 6.45) is 0. The third-order valence-corrected chi connectivity index (χ3v) is 9.75. The predicted octanol–water partition coefficient (Wildman–Crippen LogP) is 11.9. The monoisotopic (exact) mass is 582 g/mol. The number of hydrogen-bond donors (Lipinski definition) is 0. The first kappa shape index (κ1) is 27.5. The molecule has 2 heteroatoms. The van der Waals surface area contributed by atoms with Crippen LogP contribution in [0.5, 0.6) is 0 Å². The largest absolute Gasteiger partial charge is 0.310 e. The van der Waals surface area contributed by atoms with Crippen LogP contribution in [0.25, 0.3) is 38.6 Å². The standard InChI is InChI=1S/C43H38N2/c1-42(2,3)29-22-24-31(25-23-29)44(39-21-13-19-37-41(39)35-17-9-11-18-36(35)43(37,4)5)32-26-27-34-33-16-10-12-20-38(33)45(40(34)28-32)30-14-7-6-8-15-30/h6-28H,1-5H3. The molecule has 0 bridgehead atoms. The lowest BCUT2D eigenvalue weighted by Crippen LogP contribution is -2.16. The first-order valence-electron chi connectivity index (χ1n) is 16.0. The second-order valence-corrected chi connectivity index (χ2v) is 13.9. The van der Waals surface area contributed by atoms with Crippen molar-refractivity contribution in [3.8, 4) is 16.8 Å². The van der Waals surface area contributed by atoms with Crippen molar-refractivity contribution >= 4 is 38.9 Å². The summed E-state index contributed by atoms with van der Waals surface area (Å²) in [5.41, 5.74) is 13.8. The fourth-order valence-corrected chi connectivity index (χ4v) is 7.41. The van der Waals surface area contributed by atoms with Gasteiger partial charge in [-0.05, 0) is 76.2 Å². The van der Waals surface area contributed by atoms with E-state index in [9.17, 15) is 0 Å². The van der Waals surface area contributed by atoms with Crippen molar-refractivity contribution in [1.29, 1.82) is 0 Å². The van der Waals surface area contributed by atoms with Gasteiger partial charge in [0.05, 0.1) is 16.7 Å². The van der Waals surface area contributed by atoms with Gasteiger partial charge in [-0.15, -0.1) is 0 Å². The lowest BCUT2D eigenvalue weighted by Gasteiger charge is -2.30. The Morgan fingerprint density at radius 3 is 1.98 bits per heavy atom. The Kier molecular flexibility index (Phi) is 6.09. The summed E-state index contributed by atoms with van der Waals surface area (Å²) in [6, 6.07) is 51.4. The smallest absolute Gasteiger partial charge is 0.0561 e. The molecule has 0 N–H and O–H groups in total. The lowest BCUT2D eigenvalue weighted by atomic mass is 9.82. The molecule has 0 saturated carbocycles. The molecular weight excluding hydrogens is 544 g/mol. The topological polar surface area (TPSA) is 8.17 Å². The summed E-state index contributed by atoms with van der Waals surface area (Å²) < 4.78 is 2.41. The number of para-hydroxylation sites is 2. The van der Waals surface area contributed by atoms with Gasteiger partial charge >= 0.3 is 0 Å². The lowest BCUT2D eigenvalue weighted by molar-refractivity contribution is 0.590. The minimum Gasteiger partial charge on any atom is -0.310 e. The fourth-order valence-electron chi connectivity index (χ4n) is 7.41. The van der Waals surface area contributed by atoms with E-state index in [0.29, 0.717) is 0 Å². The first-order chi connectivity index (χ1) is 21.7. The number of rotatable bonds is 4. The first-order valence-corrected chi connectivity index (χ1v) is 16.0. The van der Waals surface area contributed by atoms with E-state index < -0.39 is 0 Å². The zero-order chi connectivity index (χ0) is 30.9. The van der Waals surface area contributed by atoms with Gasteiger partial charge < -0.3 is 9.47 Å². The zero-order valence-corrected chi connectivity index (χ0v) is 26.7. The van der Waals surface area contributed by atoms with E-state index in [1.165, 1.54) is 61.0 Å². The maximum Gasteiger partial charge on any atom is 0.0561 e. The van der Waals surface area contributed by atoms with Crippen LogP contribution in [0.2, 0.25) is 0 Å². The van der Waals surface area contributed by atoms with Crippen LogP contribution < -0.4 is 4.90 Å². The number of hydrogen-bond acceptors (Lipinski definition) is 1. The van der Waals surface area contributed by atoms with Crippen LogP contribution in [0, 0.1) is 0 Å². The van der Waals surface area contributed by atoms with Crippen LogP contribution in [0.1, 0.15) is 51.3 Å². The average Bonchev–Trinajstić information content (AvgIpc) is 3.50. The molecule has 0 atom stereocenters. The van der Waals surface area contributed by atoms with Gasteiger partial charge in [-0.2, -0.15) is 0 Å². The molecule has 0 unspecified atom stereocenters. The summed E-state index contributed by atoms with van der Waals surface area (Å²) in [5, 5.41) is 2.52. The summed E-state index contributed by atoms with van der Waals surface area (Å²) in [7, 11) is 0. The molecule has 45 heavy (non-hydrogen) atoms. The number of fused-ring (bicyclic) bond motifs is 6. The molecule has 6 aromatic carbocycles. The molecular formula is C43H38N2. The highest BCUT2D eigenvalue weighted by molar-refractivity contribution is 6.10. The Morgan fingerprint density at radius 2 is 1.20 bits per heavy atom. The summed E-state index contributed by atoms with van der Waals surface area (Å²) in [5.74, 6) is 0. The highest BCUT2D eigenvalue weighted by atomic mass is 15.1. The molecule has 1 aliphatic carbocycles. The van der Waals surface area contributed by atoms with Crippen LogP contribution in [-0.2, 0) is 10.8 Å². The average molecular weight is 583 g/mol. The van der Waals surface area contributed by atoms with E-state index in [1.54, 1.807) is 0 Å². The molecule has 220 valence electrons. The van der Waals surface area contributed by atoms with Crippen molar-refractivity contribution in [3.05, 3.63) is 156 Å². The van der Waals surface area contributed by atoms with Gasteiger partial charge in [-0.1, -0.05) is 126 Å². The van der Waals surface area contributed by atoms with Crippen LogP contribution >= 0.6 is 0 Å². The van der Waals surface area contributed by atoms with Gasteiger partial charge in [0.2, 0.25) is 0 Å².